The van der Waals surface area contributed by atoms with Gasteiger partial charge in [0.25, 0.3) is 0 Å². The van der Waals surface area contributed by atoms with Crippen molar-refractivity contribution in [3.05, 3.63) is 247 Å². The molecule has 1 aliphatic rings. The summed E-state index contributed by atoms with van der Waals surface area (Å²) in [5.41, 5.74) is -6.55. The maximum Gasteiger partial charge on any atom is 0.0652 e. The first-order valence-electron chi connectivity index (χ1n) is 33.6. The first-order chi connectivity index (χ1) is 42.0. The summed E-state index contributed by atoms with van der Waals surface area (Å²) >= 11 is 0. The van der Waals surface area contributed by atoms with Crippen LogP contribution in [0.25, 0.3) is 66.1 Å². The van der Waals surface area contributed by atoms with Crippen LogP contribution in [-0.4, -0.2) is 9.13 Å². The van der Waals surface area contributed by atoms with Crippen molar-refractivity contribution in [3.63, 3.8) is 0 Å². The fourth-order valence-electron chi connectivity index (χ4n) is 7.03. The molecule has 9 aromatic carbocycles. The number of benzene rings is 9. The van der Waals surface area contributed by atoms with E-state index >= 15 is 0 Å². The van der Waals surface area contributed by atoms with E-state index in [1.807, 2.05) is 0 Å². The molecule has 0 saturated heterocycles. The van der Waals surface area contributed by atoms with E-state index in [0.29, 0.717) is 9.13 Å². The standard InChI is InChI=1S/C54H34N2/c1-2-14-37(15-3-1)55-51-24-12-10-22-46(51)49-32-35(26-30-53(49)55)36-27-31-54-50(33-36)47-23-11-13-25-52(47)56(54)38-28-29-45-43-20-7-6-18-41(43)39-16-4-5-17-40(39)42-19-8-9-21-44(42)48(45)34-38/h1-34H/b41-39-,42-40-,45-43-,48-44-/i1D,2D,3D,4D,5D,6D,7D,8D,9D,10D,11D,12D,13D,14D,15D,16D,17D,18D,19D,20D,21D,22D,23D,24D,25D,26D,27D,28D,29D,30D,31D,32D,33D,34D. The number of fused-ring (bicyclic) bond motifs is 10. The van der Waals surface area contributed by atoms with E-state index in [1.54, 1.807) is 0 Å². The van der Waals surface area contributed by atoms with Gasteiger partial charge in [-0.15, -0.1) is 0 Å². The number of aromatic nitrogens is 2. The van der Waals surface area contributed by atoms with Gasteiger partial charge >= 0.3 is 0 Å². The summed E-state index contributed by atoms with van der Waals surface area (Å²) in [7, 11) is 0. The van der Waals surface area contributed by atoms with E-state index in [0.717, 1.165) is 0 Å². The monoisotopic (exact) mass is 744 g/mol. The lowest BCUT2D eigenvalue weighted by molar-refractivity contribution is 1.16. The molecule has 0 saturated carbocycles. The van der Waals surface area contributed by atoms with Crippen LogP contribution >= 0.6 is 0 Å². The third-order valence-corrected chi connectivity index (χ3v) is 9.36. The molecule has 0 spiro atoms. The molecule has 0 fully saturated rings. The van der Waals surface area contributed by atoms with Gasteiger partial charge in [-0.25, -0.2) is 0 Å². The lowest BCUT2D eigenvalue weighted by Crippen LogP contribution is -1.96. The first kappa shape index (κ1) is 12.6. The highest BCUT2D eigenvalue weighted by atomic mass is 15.0. The molecule has 0 unspecified atom stereocenters. The van der Waals surface area contributed by atoms with Gasteiger partial charge < -0.3 is 9.13 Å². The van der Waals surface area contributed by atoms with E-state index in [-0.39, 0.29) is 0 Å². The van der Waals surface area contributed by atoms with Crippen LogP contribution in [0.15, 0.2) is 205 Å². The highest BCUT2D eigenvalue weighted by Crippen LogP contribution is 2.38. The Bertz CT molecular complexity index is 5790. The quantitative estimate of drug-likeness (QED) is 0.170. The van der Waals surface area contributed by atoms with Crippen molar-refractivity contribution >= 4 is 43.6 Å². The molecule has 2 aromatic heterocycles. The summed E-state index contributed by atoms with van der Waals surface area (Å²) in [6.45, 7) is 0. The van der Waals surface area contributed by atoms with Crippen molar-refractivity contribution in [2.45, 2.75) is 0 Å². The summed E-state index contributed by atoms with van der Waals surface area (Å²) in [6, 6.07) is -34.5. The van der Waals surface area contributed by atoms with Crippen LogP contribution in [0.4, 0.5) is 0 Å². The van der Waals surface area contributed by atoms with Crippen LogP contribution < -0.4 is 0 Å². The van der Waals surface area contributed by atoms with Crippen LogP contribution in [0, 0.1) is 41.7 Å². The van der Waals surface area contributed by atoms with Crippen molar-refractivity contribution in [2.75, 3.05) is 0 Å². The Labute approximate surface area is 369 Å². The summed E-state index contributed by atoms with van der Waals surface area (Å²) in [4.78, 5) is 0. The van der Waals surface area contributed by atoms with E-state index in [2.05, 4.69) is 0 Å². The van der Waals surface area contributed by atoms with Crippen molar-refractivity contribution in [1.29, 1.82) is 0 Å². The van der Waals surface area contributed by atoms with Crippen molar-refractivity contribution in [2.24, 2.45) is 0 Å². The average Bonchev–Trinajstić information content (AvgIpc) is 1.29. The molecule has 0 aliphatic heterocycles. The maximum atomic E-state index is 10.3. The molecule has 12 rings (SSSR count). The predicted molar refractivity (Wildman–Crippen MR) is 231 cm³/mol. The molecule has 0 atom stereocenters. The second-order valence-corrected chi connectivity index (χ2v) is 12.3. The number of nitrogens with zero attached hydrogens (tertiary/aromatic N) is 2. The average molecular weight is 745 g/mol. The van der Waals surface area contributed by atoms with Gasteiger partial charge in [0.2, 0.25) is 0 Å². The second-order valence-electron chi connectivity index (χ2n) is 12.3. The zero-order valence-electron chi connectivity index (χ0n) is 61.9. The molecule has 2 heterocycles. The Kier molecular flexibility index (Phi) is 2.70. The van der Waals surface area contributed by atoms with Gasteiger partial charge in [-0.3, -0.25) is 0 Å². The molecule has 0 N–H and O–H groups in total. The van der Waals surface area contributed by atoms with Gasteiger partial charge in [0.05, 0.1) is 68.7 Å². The molecule has 56 heavy (non-hydrogen) atoms. The molecule has 260 valence electrons. The minimum Gasteiger partial charge on any atom is -0.309 e. The maximum absolute atomic E-state index is 10.3. The molecular formula is C54H34N2. The number of hydrogen-bond acceptors (Lipinski definition) is 0. The van der Waals surface area contributed by atoms with E-state index < -0.39 is 313 Å². The smallest absolute Gasteiger partial charge is 0.0652 e. The fraction of sp³-hybridized carbons (Fsp3) is 0. The highest BCUT2D eigenvalue weighted by Gasteiger charge is 2.16. The normalized spacial score (nSPS) is 23.0. The Morgan fingerprint density at radius 2 is 0.625 bits per heavy atom. The Hall–Kier alpha value is -7.42. The number of para-hydroxylation sites is 3. The van der Waals surface area contributed by atoms with Crippen molar-refractivity contribution in [3.8, 4) is 22.5 Å². The van der Waals surface area contributed by atoms with Gasteiger partial charge in [0.15, 0.2) is 0 Å². The number of rotatable bonds is 3. The molecule has 2 heteroatoms. The lowest BCUT2D eigenvalue weighted by atomic mass is 10.0. The van der Waals surface area contributed by atoms with Crippen molar-refractivity contribution < 1.29 is 46.6 Å². The van der Waals surface area contributed by atoms with Crippen LogP contribution in [0.1, 0.15) is 46.6 Å². The van der Waals surface area contributed by atoms with Gasteiger partial charge in [-0.2, -0.15) is 0 Å². The second kappa shape index (κ2) is 12.0. The van der Waals surface area contributed by atoms with Crippen LogP contribution in [0.5, 0.6) is 0 Å². The first-order valence-corrected chi connectivity index (χ1v) is 16.6. The molecule has 11 aromatic rings. The summed E-state index contributed by atoms with van der Waals surface area (Å²) in [5, 5.41) is -9.17. The van der Waals surface area contributed by atoms with Crippen LogP contribution in [0.2, 0.25) is 0 Å². The molecular weight excluding hydrogens is 677 g/mol. The van der Waals surface area contributed by atoms with E-state index in [9.17, 15) is 23.3 Å². The van der Waals surface area contributed by atoms with Gasteiger partial charge in [-0.1, -0.05) is 145 Å². The Morgan fingerprint density at radius 1 is 0.250 bits per heavy atom. The summed E-state index contributed by atoms with van der Waals surface area (Å²) in [6.07, 6.45) is 0. The number of hydrogen-bond donors (Lipinski definition) is 0. The molecule has 0 bridgehead atoms. The van der Waals surface area contributed by atoms with Crippen LogP contribution in [0.3, 0.4) is 0 Å². The molecule has 0 radical (unpaired) electrons. The van der Waals surface area contributed by atoms with Gasteiger partial charge in [0, 0.05) is 32.9 Å². The zero-order chi connectivity index (χ0) is 66.3. The summed E-state index contributed by atoms with van der Waals surface area (Å²) < 4.78 is 314. The zero-order valence-corrected chi connectivity index (χ0v) is 27.9. The van der Waals surface area contributed by atoms with Crippen LogP contribution in [-0.2, 0) is 0 Å². The Balaban J connectivity index is 1.37. The minimum atomic E-state index is -1.19. The molecule has 0 amide bonds. The van der Waals surface area contributed by atoms with Crippen molar-refractivity contribution in [1.82, 2.24) is 9.13 Å². The third kappa shape index (κ3) is 4.50. The lowest BCUT2D eigenvalue weighted by Gasteiger charge is -2.10. The van der Waals surface area contributed by atoms with E-state index in [1.165, 1.54) is 0 Å². The van der Waals surface area contributed by atoms with Gasteiger partial charge in [0.1, 0.15) is 0 Å². The largest absolute Gasteiger partial charge is 0.309 e. The summed E-state index contributed by atoms with van der Waals surface area (Å²) in [5.74, 6) is 0. The Morgan fingerprint density at radius 3 is 1.12 bits per heavy atom. The third-order valence-electron chi connectivity index (χ3n) is 9.36. The van der Waals surface area contributed by atoms with E-state index in [4.69, 9.17) is 23.3 Å². The minimum absolute atomic E-state index is 0.608. The SMILES string of the molecule is [2H]c1c([2H])c([2H])c(-n2c3c([2H])c([2H])c([2H])c([2H])c3c3c([2H])c(-c4c([2H])c([2H])c5c(c4[2H])c4c([2H])c([2H])c([2H])c([2H])c4n5-c4c([2H])c([2H])c5/c(c4[2H])=c4/c([2H])c([2H])c([2H])c([2H])/c4=c4\c([2H])c([2H])c([2H])c([2H])\c4=c4/c([2H])c([2H])c([2H])c([2H])/c4=5)c([2H])c([2H])c32)c([2H])c1[2H]. The predicted octanol–water partition coefficient (Wildman–Crippen LogP) is 13.0. The van der Waals surface area contributed by atoms with Gasteiger partial charge in [-0.05, 0) is 113 Å². The topological polar surface area (TPSA) is 9.86 Å². The highest BCUT2D eigenvalue weighted by molar-refractivity contribution is 6.12. The molecule has 2 nitrogen and oxygen atoms in total. The molecule has 1 aliphatic carbocycles. The fourth-order valence-corrected chi connectivity index (χ4v) is 7.03.